The van der Waals surface area contributed by atoms with E-state index in [1.807, 2.05) is 30.3 Å². The van der Waals surface area contributed by atoms with Gasteiger partial charge in [0.25, 0.3) is 5.91 Å². The molecule has 2 aromatic rings. The van der Waals surface area contributed by atoms with Crippen molar-refractivity contribution in [3.05, 3.63) is 60.4 Å². The number of morpholine rings is 1. The molecule has 1 amide bonds. The molecule has 0 bridgehead atoms. The fraction of sp³-hybridized carbons (Fsp3) is 0.316. The number of carbonyl (C=O) groups is 1. The number of ether oxygens (including phenoxy) is 3. The molecular weight excluding hydrogens is 325 g/mol. The van der Waals surface area contributed by atoms with E-state index >= 15 is 0 Å². The predicted octanol–water partition coefficient (Wildman–Crippen LogP) is 2.51. The number of nitrogens with zero attached hydrogens (tertiary/aromatic N) is 1. The van der Waals surface area contributed by atoms with E-state index in [9.17, 15) is 9.18 Å². The van der Waals surface area contributed by atoms with Gasteiger partial charge < -0.3 is 19.1 Å². The van der Waals surface area contributed by atoms with Gasteiger partial charge in [0.1, 0.15) is 30.0 Å². The lowest BCUT2D eigenvalue weighted by atomic mass is 10.2. The maximum atomic E-state index is 12.9. The molecule has 25 heavy (non-hydrogen) atoms. The summed E-state index contributed by atoms with van der Waals surface area (Å²) in [6.07, 6.45) is -0.223. The summed E-state index contributed by atoms with van der Waals surface area (Å²) in [7, 11) is 0. The number of benzene rings is 2. The average Bonchev–Trinajstić information content (AvgIpc) is 2.67. The standard InChI is InChI=1S/C19H20FNO4/c20-15-6-8-17(9-7-15)24-13-18-12-21(10-11-23-18)19(22)14-25-16-4-2-1-3-5-16/h1-9,18H,10-14H2. The van der Waals surface area contributed by atoms with Crippen molar-refractivity contribution >= 4 is 5.91 Å². The summed E-state index contributed by atoms with van der Waals surface area (Å²) in [5.74, 6) is 0.844. The van der Waals surface area contributed by atoms with Crippen LogP contribution in [-0.2, 0) is 9.53 Å². The van der Waals surface area contributed by atoms with Crippen molar-refractivity contribution in [3.8, 4) is 11.5 Å². The van der Waals surface area contributed by atoms with Crippen molar-refractivity contribution in [1.29, 1.82) is 0 Å². The molecule has 1 heterocycles. The Kier molecular flexibility index (Phi) is 5.85. The maximum absolute atomic E-state index is 12.9. The second-order valence-corrected chi connectivity index (χ2v) is 5.70. The Morgan fingerprint density at radius 1 is 1.08 bits per heavy atom. The van der Waals surface area contributed by atoms with E-state index in [2.05, 4.69) is 0 Å². The molecule has 0 saturated carbocycles. The highest BCUT2D eigenvalue weighted by Gasteiger charge is 2.25. The summed E-state index contributed by atoms with van der Waals surface area (Å²) in [6, 6.07) is 15.0. The highest BCUT2D eigenvalue weighted by atomic mass is 19.1. The second-order valence-electron chi connectivity index (χ2n) is 5.70. The number of halogens is 1. The molecule has 0 aromatic heterocycles. The van der Waals surface area contributed by atoms with Gasteiger partial charge in [-0.05, 0) is 36.4 Å². The third kappa shape index (κ3) is 5.19. The summed E-state index contributed by atoms with van der Waals surface area (Å²) >= 11 is 0. The highest BCUT2D eigenvalue weighted by Crippen LogP contribution is 2.14. The Bertz CT molecular complexity index is 678. The molecule has 132 valence electrons. The zero-order chi connectivity index (χ0) is 17.5. The van der Waals surface area contributed by atoms with Crippen molar-refractivity contribution in [1.82, 2.24) is 4.90 Å². The van der Waals surface area contributed by atoms with Crippen LogP contribution >= 0.6 is 0 Å². The average molecular weight is 345 g/mol. The van der Waals surface area contributed by atoms with Crippen molar-refractivity contribution in [2.45, 2.75) is 6.10 Å². The molecule has 3 rings (SSSR count). The van der Waals surface area contributed by atoms with Crippen LogP contribution in [0.4, 0.5) is 4.39 Å². The molecule has 1 aliphatic rings. The van der Waals surface area contributed by atoms with Gasteiger partial charge in [0.2, 0.25) is 0 Å². The van der Waals surface area contributed by atoms with E-state index in [0.717, 1.165) is 0 Å². The van der Waals surface area contributed by atoms with Crippen molar-refractivity contribution in [3.63, 3.8) is 0 Å². The number of rotatable bonds is 6. The molecule has 0 N–H and O–H groups in total. The van der Waals surface area contributed by atoms with E-state index in [0.29, 0.717) is 37.8 Å². The molecule has 2 aromatic carbocycles. The Morgan fingerprint density at radius 2 is 1.80 bits per heavy atom. The summed E-state index contributed by atoms with van der Waals surface area (Å²) in [5.41, 5.74) is 0. The van der Waals surface area contributed by atoms with Crippen molar-refractivity contribution in [2.24, 2.45) is 0 Å². The minimum Gasteiger partial charge on any atom is -0.491 e. The van der Waals surface area contributed by atoms with Crippen LogP contribution in [0.15, 0.2) is 54.6 Å². The van der Waals surface area contributed by atoms with Crippen LogP contribution in [0.3, 0.4) is 0 Å². The normalized spacial score (nSPS) is 17.2. The smallest absolute Gasteiger partial charge is 0.260 e. The molecular formula is C19H20FNO4. The largest absolute Gasteiger partial charge is 0.491 e. The number of carbonyl (C=O) groups excluding carboxylic acids is 1. The number of hydrogen-bond donors (Lipinski definition) is 0. The van der Waals surface area contributed by atoms with Gasteiger partial charge in [-0.15, -0.1) is 0 Å². The predicted molar refractivity (Wildman–Crippen MR) is 90.2 cm³/mol. The summed E-state index contributed by atoms with van der Waals surface area (Å²) < 4.78 is 29.6. The minimum atomic E-state index is -0.309. The molecule has 1 fully saturated rings. The lowest BCUT2D eigenvalue weighted by Gasteiger charge is -2.32. The van der Waals surface area contributed by atoms with Crippen LogP contribution in [0.5, 0.6) is 11.5 Å². The van der Waals surface area contributed by atoms with Gasteiger partial charge in [-0.2, -0.15) is 0 Å². The van der Waals surface area contributed by atoms with E-state index in [1.165, 1.54) is 12.1 Å². The quantitative estimate of drug-likeness (QED) is 0.807. The first-order chi connectivity index (χ1) is 12.2. The SMILES string of the molecule is O=C(COc1ccccc1)N1CCOC(COc2ccc(F)cc2)C1. The fourth-order valence-corrected chi connectivity index (χ4v) is 2.52. The zero-order valence-corrected chi connectivity index (χ0v) is 13.8. The minimum absolute atomic E-state index is 0.00441. The van der Waals surface area contributed by atoms with Gasteiger partial charge in [0.15, 0.2) is 6.61 Å². The van der Waals surface area contributed by atoms with Crippen LogP contribution in [0.1, 0.15) is 0 Å². The second kappa shape index (κ2) is 8.48. The Labute approximate surface area is 145 Å². The molecule has 5 nitrogen and oxygen atoms in total. The third-order valence-corrected chi connectivity index (χ3v) is 3.85. The van der Waals surface area contributed by atoms with Gasteiger partial charge in [-0.1, -0.05) is 18.2 Å². The molecule has 6 heteroatoms. The Morgan fingerprint density at radius 3 is 2.56 bits per heavy atom. The first-order valence-corrected chi connectivity index (χ1v) is 8.16. The summed E-state index contributed by atoms with van der Waals surface area (Å²) in [4.78, 5) is 14.0. The maximum Gasteiger partial charge on any atom is 0.260 e. The molecule has 1 unspecified atom stereocenters. The van der Waals surface area contributed by atoms with Gasteiger partial charge in [-0.3, -0.25) is 4.79 Å². The van der Waals surface area contributed by atoms with E-state index in [4.69, 9.17) is 14.2 Å². The van der Waals surface area contributed by atoms with Gasteiger partial charge in [0.05, 0.1) is 13.2 Å². The lowest BCUT2D eigenvalue weighted by molar-refractivity contribution is -0.142. The van der Waals surface area contributed by atoms with Gasteiger partial charge in [0, 0.05) is 6.54 Å². The summed E-state index contributed by atoms with van der Waals surface area (Å²) in [6.45, 7) is 1.72. The summed E-state index contributed by atoms with van der Waals surface area (Å²) in [5, 5.41) is 0. The van der Waals surface area contributed by atoms with Crippen LogP contribution in [0.2, 0.25) is 0 Å². The number of hydrogen-bond acceptors (Lipinski definition) is 4. The van der Waals surface area contributed by atoms with Crippen LogP contribution in [0, 0.1) is 5.82 Å². The molecule has 1 atom stereocenters. The lowest BCUT2D eigenvalue weighted by Crippen LogP contribution is -2.49. The van der Waals surface area contributed by atoms with E-state index in [-0.39, 0.29) is 24.4 Å². The zero-order valence-electron chi connectivity index (χ0n) is 13.8. The molecule has 1 aliphatic heterocycles. The third-order valence-electron chi connectivity index (χ3n) is 3.85. The highest BCUT2D eigenvalue weighted by molar-refractivity contribution is 5.77. The molecule has 0 spiro atoms. The fourth-order valence-electron chi connectivity index (χ4n) is 2.52. The van der Waals surface area contributed by atoms with Gasteiger partial charge >= 0.3 is 0 Å². The van der Waals surface area contributed by atoms with E-state index in [1.54, 1.807) is 17.0 Å². The topological polar surface area (TPSA) is 48.0 Å². The molecule has 0 radical (unpaired) electrons. The number of amides is 1. The van der Waals surface area contributed by atoms with Crippen LogP contribution < -0.4 is 9.47 Å². The monoisotopic (exact) mass is 345 g/mol. The Balaban J connectivity index is 1.45. The van der Waals surface area contributed by atoms with Crippen molar-refractivity contribution < 1.29 is 23.4 Å². The first kappa shape index (κ1) is 17.2. The first-order valence-electron chi connectivity index (χ1n) is 8.16. The number of para-hydroxylation sites is 1. The molecule has 1 saturated heterocycles. The van der Waals surface area contributed by atoms with Crippen LogP contribution in [0.25, 0.3) is 0 Å². The van der Waals surface area contributed by atoms with Crippen LogP contribution in [-0.4, -0.2) is 49.8 Å². The van der Waals surface area contributed by atoms with Crippen molar-refractivity contribution in [2.75, 3.05) is 32.9 Å². The van der Waals surface area contributed by atoms with E-state index < -0.39 is 0 Å². The van der Waals surface area contributed by atoms with Gasteiger partial charge in [-0.25, -0.2) is 4.39 Å². The molecule has 0 aliphatic carbocycles. The Hall–Kier alpha value is -2.60.